The minimum atomic E-state index is -0.690. The number of halogens is 2. The van der Waals surface area contributed by atoms with Crippen LogP contribution < -0.4 is 15.8 Å². The van der Waals surface area contributed by atoms with Crippen molar-refractivity contribution < 1.29 is 13.6 Å². The minimum absolute atomic E-state index is 0.122. The van der Waals surface area contributed by atoms with Crippen molar-refractivity contribution in [2.45, 2.75) is 33.2 Å². The first-order valence-corrected chi connectivity index (χ1v) is 10.6. The van der Waals surface area contributed by atoms with Crippen LogP contribution in [0.25, 0.3) is 10.9 Å². The Labute approximate surface area is 184 Å². The SMILES string of the molecule is CCn1cc(C(=O)NN=C(C)c2ccc(F)cc2)c(=O)c2cc(F)c(N3CCCC3)cc21. The van der Waals surface area contributed by atoms with Crippen LogP contribution in [0, 0.1) is 11.6 Å². The van der Waals surface area contributed by atoms with Crippen LogP contribution in [0.1, 0.15) is 42.6 Å². The lowest BCUT2D eigenvalue weighted by Gasteiger charge is -2.20. The molecule has 1 N–H and O–H groups in total. The van der Waals surface area contributed by atoms with Crippen molar-refractivity contribution in [3.63, 3.8) is 0 Å². The number of anilines is 1. The molecule has 8 heteroatoms. The molecule has 1 aromatic heterocycles. The predicted octanol–water partition coefficient (Wildman–Crippen LogP) is 4.05. The molecule has 4 rings (SSSR count). The first-order valence-electron chi connectivity index (χ1n) is 10.6. The van der Waals surface area contributed by atoms with Crippen LogP contribution >= 0.6 is 0 Å². The van der Waals surface area contributed by atoms with Crippen molar-refractivity contribution in [1.82, 2.24) is 9.99 Å². The minimum Gasteiger partial charge on any atom is -0.369 e. The predicted molar refractivity (Wildman–Crippen MR) is 121 cm³/mol. The van der Waals surface area contributed by atoms with Gasteiger partial charge in [0.2, 0.25) is 5.43 Å². The second-order valence-corrected chi connectivity index (χ2v) is 7.82. The lowest BCUT2D eigenvalue weighted by atomic mass is 10.1. The van der Waals surface area contributed by atoms with Crippen LogP contribution in [0.2, 0.25) is 0 Å². The molecule has 1 aliphatic rings. The summed E-state index contributed by atoms with van der Waals surface area (Å²) in [6.07, 6.45) is 3.50. The van der Waals surface area contributed by atoms with Gasteiger partial charge < -0.3 is 9.47 Å². The van der Waals surface area contributed by atoms with E-state index in [1.165, 1.54) is 24.4 Å². The number of aromatic nitrogens is 1. The van der Waals surface area contributed by atoms with E-state index in [4.69, 9.17) is 0 Å². The Morgan fingerprint density at radius 1 is 1.12 bits per heavy atom. The van der Waals surface area contributed by atoms with Gasteiger partial charge in [-0.15, -0.1) is 0 Å². The molecule has 0 spiro atoms. The fourth-order valence-electron chi connectivity index (χ4n) is 3.97. The maximum absolute atomic E-state index is 14.9. The van der Waals surface area contributed by atoms with Gasteiger partial charge in [-0.1, -0.05) is 12.1 Å². The molecule has 3 aromatic rings. The Balaban J connectivity index is 1.69. The zero-order chi connectivity index (χ0) is 22.8. The normalized spacial score (nSPS) is 14.2. The van der Waals surface area contributed by atoms with Gasteiger partial charge in [-0.25, -0.2) is 14.2 Å². The van der Waals surface area contributed by atoms with Gasteiger partial charge >= 0.3 is 0 Å². The lowest BCUT2D eigenvalue weighted by molar-refractivity contribution is 0.0953. The Morgan fingerprint density at radius 3 is 2.47 bits per heavy atom. The Kier molecular flexibility index (Phi) is 6.03. The van der Waals surface area contributed by atoms with Crippen molar-refractivity contribution in [2.24, 2.45) is 5.10 Å². The number of aryl methyl sites for hydroxylation is 1. The zero-order valence-electron chi connectivity index (χ0n) is 18.0. The molecule has 0 saturated carbocycles. The summed E-state index contributed by atoms with van der Waals surface area (Å²) in [5.41, 5.74) is 3.86. The van der Waals surface area contributed by atoms with Crippen molar-refractivity contribution >= 4 is 28.2 Å². The Bertz CT molecular complexity index is 1260. The number of nitrogens with zero attached hydrogens (tertiary/aromatic N) is 3. The molecule has 0 atom stereocenters. The second-order valence-electron chi connectivity index (χ2n) is 7.82. The van der Waals surface area contributed by atoms with Gasteiger partial charge in [-0.3, -0.25) is 9.59 Å². The van der Waals surface area contributed by atoms with E-state index >= 15 is 0 Å². The molecule has 0 aliphatic carbocycles. The third kappa shape index (κ3) is 4.12. The lowest BCUT2D eigenvalue weighted by Crippen LogP contribution is -2.28. The summed E-state index contributed by atoms with van der Waals surface area (Å²) in [4.78, 5) is 27.7. The van der Waals surface area contributed by atoms with Gasteiger partial charge in [-0.2, -0.15) is 5.10 Å². The van der Waals surface area contributed by atoms with Crippen LogP contribution in [-0.2, 0) is 6.54 Å². The number of carbonyl (C=O) groups excluding carboxylic acids is 1. The number of nitrogens with one attached hydrogen (secondary N) is 1. The van der Waals surface area contributed by atoms with Crippen LogP contribution in [0.5, 0.6) is 0 Å². The average molecular weight is 438 g/mol. The fourth-order valence-corrected chi connectivity index (χ4v) is 3.97. The van der Waals surface area contributed by atoms with Gasteiger partial charge in [0.25, 0.3) is 5.91 Å². The third-order valence-electron chi connectivity index (χ3n) is 5.77. The molecule has 2 heterocycles. The first-order chi connectivity index (χ1) is 15.4. The maximum Gasteiger partial charge on any atom is 0.276 e. The van der Waals surface area contributed by atoms with Gasteiger partial charge in [0.15, 0.2) is 0 Å². The Morgan fingerprint density at radius 2 is 1.81 bits per heavy atom. The molecule has 0 radical (unpaired) electrons. The van der Waals surface area contributed by atoms with Gasteiger partial charge in [0.1, 0.15) is 17.2 Å². The highest BCUT2D eigenvalue weighted by Gasteiger charge is 2.21. The van der Waals surface area contributed by atoms with Crippen LogP contribution in [0.15, 0.2) is 52.5 Å². The monoisotopic (exact) mass is 438 g/mol. The van der Waals surface area contributed by atoms with Crippen molar-refractivity contribution in [3.8, 4) is 0 Å². The molecule has 1 aliphatic heterocycles. The average Bonchev–Trinajstić information content (AvgIpc) is 3.32. The largest absolute Gasteiger partial charge is 0.369 e. The van der Waals surface area contributed by atoms with Crippen molar-refractivity contribution in [3.05, 3.63) is 75.6 Å². The van der Waals surface area contributed by atoms with E-state index < -0.39 is 17.2 Å². The number of benzene rings is 2. The molecular weight excluding hydrogens is 414 g/mol. The van der Waals surface area contributed by atoms with E-state index in [9.17, 15) is 18.4 Å². The molecule has 166 valence electrons. The number of hydrogen-bond donors (Lipinski definition) is 1. The van der Waals surface area contributed by atoms with Gasteiger partial charge in [0, 0.05) is 31.2 Å². The topological polar surface area (TPSA) is 66.7 Å². The quantitative estimate of drug-likeness (QED) is 0.483. The molecule has 32 heavy (non-hydrogen) atoms. The number of carbonyl (C=O) groups is 1. The molecule has 0 unspecified atom stereocenters. The van der Waals surface area contributed by atoms with Crippen molar-refractivity contribution in [2.75, 3.05) is 18.0 Å². The number of rotatable bonds is 5. The Hall–Kier alpha value is -3.55. The summed E-state index contributed by atoms with van der Waals surface area (Å²) in [6, 6.07) is 8.59. The van der Waals surface area contributed by atoms with E-state index in [1.54, 1.807) is 29.7 Å². The van der Waals surface area contributed by atoms with E-state index in [2.05, 4.69) is 10.5 Å². The fraction of sp³-hybridized carbons (Fsp3) is 0.292. The molecular formula is C24H24F2N4O2. The first kappa shape index (κ1) is 21.7. The standard InChI is InChI=1S/C24H24F2N4O2/c1-3-29-14-19(24(32)28-27-15(2)16-6-8-17(25)9-7-16)23(31)18-12-20(26)22(13-21(18)29)30-10-4-5-11-30/h6-9,12-14H,3-5,10-11H2,1-2H3,(H,28,32). The molecule has 1 fully saturated rings. The number of hydrogen-bond acceptors (Lipinski definition) is 4. The number of hydrazone groups is 1. The summed E-state index contributed by atoms with van der Waals surface area (Å²) in [7, 11) is 0. The van der Waals surface area contributed by atoms with E-state index in [0.29, 0.717) is 29.0 Å². The highest BCUT2D eigenvalue weighted by atomic mass is 19.1. The highest BCUT2D eigenvalue weighted by Crippen LogP contribution is 2.28. The van der Waals surface area contributed by atoms with E-state index in [1.807, 2.05) is 11.8 Å². The molecule has 1 amide bonds. The summed E-state index contributed by atoms with van der Waals surface area (Å²) in [5, 5.41) is 4.18. The number of amides is 1. The summed E-state index contributed by atoms with van der Waals surface area (Å²) >= 11 is 0. The van der Waals surface area contributed by atoms with Crippen LogP contribution in [0.4, 0.5) is 14.5 Å². The molecule has 0 bridgehead atoms. The zero-order valence-corrected chi connectivity index (χ0v) is 18.0. The highest BCUT2D eigenvalue weighted by molar-refractivity contribution is 6.01. The summed E-state index contributed by atoms with van der Waals surface area (Å²) < 4.78 is 29.7. The van der Waals surface area contributed by atoms with Crippen LogP contribution in [0.3, 0.4) is 0 Å². The van der Waals surface area contributed by atoms with Crippen molar-refractivity contribution in [1.29, 1.82) is 0 Å². The molecule has 2 aromatic carbocycles. The van der Waals surface area contributed by atoms with Crippen LogP contribution in [-0.4, -0.2) is 29.3 Å². The number of pyridine rings is 1. The maximum atomic E-state index is 14.9. The van der Waals surface area contributed by atoms with E-state index in [-0.39, 0.29) is 16.8 Å². The summed E-state index contributed by atoms with van der Waals surface area (Å²) in [6.45, 7) is 5.62. The molecule has 6 nitrogen and oxygen atoms in total. The third-order valence-corrected chi connectivity index (χ3v) is 5.77. The van der Waals surface area contributed by atoms with Gasteiger partial charge in [-0.05, 0) is 56.5 Å². The summed E-state index contributed by atoms with van der Waals surface area (Å²) in [5.74, 6) is -1.53. The smallest absolute Gasteiger partial charge is 0.276 e. The van der Waals surface area contributed by atoms with Gasteiger partial charge in [0.05, 0.1) is 16.9 Å². The van der Waals surface area contributed by atoms with E-state index in [0.717, 1.165) is 25.9 Å². The number of fused-ring (bicyclic) bond motifs is 1. The molecule has 1 saturated heterocycles. The second kappa shape index (κ2) is 8.90.